The van der Waals surface area contributed by atoms with Crippen LogP contribution in [0.3, 0.4) is 0 Å². The number of aromatic carboxylic acids is 2. The van der Waals surface area contributed by atoms with Crippen molar-refractivity contribution in [3.8, 4) is 0 Å². The molecule has 80 heavy (non-hydrogen) atoms. The number of ether oxygens (including phenoxy) is 2. The highest BCUT2D eigenvalue weighted by atomic mass is 16.6. The first-order chi connectivity index (χ1) is 38.8. The molecule has 0 bridgehead atoms. The van der Waals surface area contributed by atoms with Crippen LogP contribution in [-0.4, -0.2) is 88.2 Å². The molecule has 2 heterocycles. The van der Waals surface area contributed by atoms with Crippen molar-refractivity contribution >= 4 is 134 Å². The van der Waals surface area contributed by atoms with Gasteiger partial charge in [-0.2, -0.15) is 0 Å². The number of aliphatic hydroxyl groups excluding tert-OH is 1. The van der Waals surface area contributed by atoms with E-state index in [9.17, 15) is 48.6 Å². The Bertz CT molecular complexity index is 3930. The summed E-state index contributed by atoms with van der Waals surface area (Å²) in [4.78, 5) is 101. The van der Waals surface area contributed by atoms with Crippen LogP contribution >= 0.6 is 0 Å². The van der Waals surface area contributed by atoms with Crippen molar-refractivity contribution in [1.82, 2.24) is 10.6 Å². The van der Waals surface area contributed by atoms with E-state index in [0.29, 0.717) is 93.3 Å². The number of carbonyl (C=O) groups is 8. The van der Waals surface area contributed by atoms with Gasteiger partial charge in [-0.3, -0.25) is 9.59 Å². The molecule has 2 aliphatic heterocycles. The number of nitrogens with one attached hydrogen (secondary N) is 2. The van der Waals surface area contributed by atoms with E-state index in [2.05, 4.69) is 10.6 Å². The number of rotatable bonds is 6. The SMILES string of the molecule is CO.NC1CCCC1.O=C(O)c1ccc2c3ccc(C(=O)NC4CCCC4)c4c(C(=O)O)ccc(c5ccc(C(=O)NC6CCCC6)c1c25)c43.O=C1OC(=O)c2ccc3c4ccc5c6c(ccc(c7ccc1c2c73)c64)C(=O)OC5=O. The van der Waals surface area contributed by atoms with E-state index in [1.165, 1.54) is 37.8 Å². The molecule has 10 aromatic carbocycles. The predicted molar refractivity (Wildman–Crippen MR) is 303 cm³/mol. The Hall–Kier alpha value is -9.12. The molecule has 16 nitrogen and oxygen atoms in total. The van der Waals surface area contributed by atoms with Crippen LogP contribution in [0.2, 0.25) is 0 Å². The van der Waals surface area contributed by atoms with Crippen molar-refractivity contribution in [3.05, 3.63) is 142 Å². The topological polar surface area (TPSA) is 266 Å². The fraction of sp³-hybridized carbons (Fsp3) is 0.250. The van der Waals surface area contributed by atoms with Crippen LogP contribution in [0.1, 0.15) is 160 Å². The van der Waals surface area contributed by atoms with Crippen molar-refractivity contribution in [3.63, 3.8) is 0 Å². The lowest BCUT2D eigenvalue weighted by Crippen LogP contribution is -2.33. The third kappa shape index (κ3) is 8.27. The molecule has 3 fully saturated rings. The maximum atomic E-state index is 13.5. The quantitative estimate of drug-likeness (QED) is 0.0391. The molecule has 0 radical (unpaired) electrons. The van der Waals surface area contributed by atoms with Gasteiger partial charge in [-0.15, -0.1) is 0 Å². The maximum Gasteiger partial charge on any atom is 0.346 e. The van der Waals surface area contributed by atoms with Crippen LogP contribution in [0, 0.1) is 0 Å². The molecule has 10 aromatic rings. The molecule has 0 saturated heterocycles. The molecule has 5 aliphatic rings. The number of hydrogen-bond donors (Lipinski definition) is 6. The van der Waals surface area contributed by atoms with Crippen LogP contribution in [0.4, 0.5) is 0 Å². The van der Waals surface area contributed by atoms with Gasteiger partial charge in [0.25, 0.3) is 11.8 Å². The van der Waals surface area contributed by atoms with Crippen molar-refractivity contribution in [2.75, 3.05) is 7.11 Å². The fourth-order valence-electron chi connectivity index (χ4n) is 13.2. The summed E-state index contributed by atoms with van der Waals surface area (Å²) >= 11 is 0. The van der Waals surface area contributed by atoms with Crippen molar-refractivity contribution in [1.29, 1.82) is 0 Å². The molecule has 16 heteroatoms. The molecule has 0 spiro atoms. The number of benzene rings is 10. The minimum absolute atomic E-state index is 0.0292. The van der Waals surface area contributed by atoms with Gasteiger partial charge in [0.2, 0.25) is 0 Å². The Labute approximate surface area is 455 Å². The number of esters is 4. The zero-order chi connectivity index (χ0) is 55.8. The standard InChI is InChI=1S/C34H30N2O6.C24H8O6.C5H11N.CH4O/c37-31(35-17-5-1-2-6-17)23-13-9-19-22-12-16-26(34(41)42)30-24(32(38)36-18-7-3-4-8-18)14-10-20(28(22)30)21-11-15-25(33(39)40)29(23)27(19)21;25-21-13-5-1-9-10-2-6-15-20-16(24(28)30-23(15)27)8-4-12(18(10)20)11-3-7-14(22(26)29-21)19(13)17(9)11;6-5-3-1-2-4-5;1-2/h9-18H,1-8H2,(H,35,37)(H,36,38)(H,39,40)(H,41,42);1-8H;5H,1-4,6H2;2H,1H3. The average molecular weight is 1070 g/mol. The zero-order valence-electron chi connectivity index (χ0n) is 43.5. The smallest absolute Gasteiger partial charge is 0.346 e. The average Bonchev–Trinajstić information content (AvgIpc) is 3.63. The second-order valence-electron chi connectivity index (χ2n) is 21.2. The van der Waals surface area contributed by atoms with Crippen LogP contribution in [0.5, 0.6) is 0 Å². The van der Waals surface area contributed by atoms with E-state index in [4.69, 9.17) is 20.3 Å². The summed E-state index contributed by atoms with van der Waals surface area (Å²) in [6.45, 7) is 0. The number of hydrogen-bond acceptors (Lipinski definition) is 12. The second kappa shape index (κ2) is 20.3. The van der Waals surface area contributed by atoms with Crippen LogP contribution in [0.15, 0.2) is 97.1 Å². The number of nitrogens with two attached hydrogens (primary N) is 1. The molecule has 0 aromatic heterocycles. The number of aliphatic hydroxyl groups is 1. The normalized spacial score (nSPS) is 16.3. The Morgan fingerprint density at radius 3 is 0.887 bits per heavy atom. The molecule has 2 amide bonds. The van der Waals surface area contributed by atoms with Gasteiger partial charge < -0.3 is 41.2 Å². The van der Waals surface area contributed by atoms with Gasteiger partial charge in [-0.05, 0) is 152 Å². The summed E-state index contributed by atoms with van der Waals surface area (Å²) in [5.41, 5.74) is 7.58. The minimum atomic E-state index is -1.13. The van der Waals surface area contributed by atoms with Crippen LogP contribution in [-0.2, 0) is 9.47 Å². The minimum Gasteiger partial charge on any atom is -0.478 e. The number of amides is 2. The molecule has 0 unspecified atom stereocenters. The maximum absolute atomic E-state index is 13.5. The molecule has 402 valence electrons. The largest absolute Gasteiger partial charge is 0.478 e. The van der Waals surface area contributed by atoms with Crippen molar-refractivity contribution < 1.29 is 63.1 Å². The molecule has 7 N–H and O–H groups in total. The predicted octanol–water partition coefficient (Wildman–Crippen LogP) is 11.3. The second-order valence-corrected chi connectivity index (χ2v) is 21.2. The van der Waals surface area contributed by atoms with Crippen molar-refractivity contribution in [2.24, 2.45) is 5.73 Å². The van der Waals surface area contributed by atoms with Gasteiger partial charge in [-0.1, -0.05) is 87.1 Å². The third-order valence-electron chi connectivity index (χ3n) is 16.8. The van der Waals surface area contributed by atoms with E-state index in [1.807, 2.05) is 36.4 Å². The highest BCUT2D eigenvalue weighted by Crippen LogP contribution is 2.47. The number of fused-ring (bicyclic) bond motifs is 4. The van der Waals surface area contributed by atoms with E-state index in [-0.39, 0.29) is 35.0 Å². The molecule has 15 rings (SSSR count). The van der Waals surface area contributed by atoms with Gasteiger partial charge in [0.05, 0.1) is 33.4 Å². The third-order valence-corrected chi connectivity index (χ3v) is 16.8. The van der Waals surface area contributed by atoms with E-state index < -0.39 is 35.8 Å². The van der Waals surface area contributed by atoms with Crippen LogP contribution in [0.25, 0.3) is 86.2 Å². The number of carboxylic acid groups (broad SMARTS) is 2. The summed E-state index contributed by atoms with van der Waals surface area (Å²) in [5.74, 6) is -5.54. The zero-order valence-corrected chi connectivity index (χ0v) is 43.5. The van der Waals surface area contributed by atoms with Gasteiger partial charge in [0.1, 0.15) is 0 Å². The Kier molecular flexibility index (Phi) is 13.1. The number of carboxylic acids is 2. The Morgan fingerprint density at radius 1 is 0.375 bits per heavy atom. The van der Waals surface area contributed by atoms with E-state index in [1.54, 1.807) is 48.5 Å². The lowest BCUT2D eigenvalue weighted by Gasteiger charge is -2.22. The Morgan fingerprint density at radius 2 is 0.625 bits per heavy atom. The van der Waals surface area contributed by atoms with E-state index in [0.717, 1.165) is 90.8 Å². The van der Waals surface area contributed by atoms with Gasteiger partial charge in [-0.25, -0.2) is 28.8 Å². The summed E-state index contributed by atoms with van der Waals surface area (Å²) in [6.07, 6.45) is 13.1. The molecule has 3 saturated carbocycles. The summed E-state index contributed by atoms with van der Waals surface area (Å²) in [7, 11) is 1.00. The highest BCUT2D eigenvalue weighted by molar-refractivity contribution is 6.41. The number of cyclic esters (lactones) is 4. The van der Waals surface area contributed by atoms with Gasteiger partial charge in [0, 0.05) is 57.9 Å². The first-order valence-electron chi connectivity index (χ1n) is 27.0. The molecule has 3 aliphatic carbocycles. The lowest BCUT2D eigenvalue weighted by atomic mass is 9.83. The van der Waals surface area contributed by atoms with Gasteiger partial charge in [0.15, 0.2) is 0 Å². The highest BCUT2D eigenvalue weighted by Gasteiger charge is 2.34. The van der Waals surface area contributed by atoms with Crippen molar-refractivity contribution in [2.45, 2.75) is 95.2 Å². The monoisotopic (exact) mass is 1070 g/mol. The summed E-state index contributed by atoms with van der Waals surface area (Å²) < 4.78 is 9.74. The van der Waals surface area contributed by atoms with Crippen LogP contribution < -0.4 is 16.4 Å². The summed E-state index contributed by atoms with van der Waals surface area (Å²) in [6, 6.07) is 28.0. The Balaban J connectivity index is 0.000000145. The molecule has 0 atom stereocenters. The van der Waals surface area contributed by atoms with Gasteiger partial charge >= 0.3 is 35.8 Å². The number of carbonyl (C=O) groups excluding carboxylic acids is 6. The first kappa shape index (κ1) is 51.6. The molecular weight excluding hydrogens is 1020 g/mol. The first-order valence-corrected chi connectivity index (χ1v) is 27.0. The summed E-state index contributed by atoms with van der Waals surface area (Å²) in [5, 5.41) is 44.3. The lowest BCUT2D eigenvalue weighted by molar-refractivity contribution is 0.0373. The molecular formula is C64H53N3O13. The van der Waals surface area contributed by atoms with E-state index >= 15 is 0 Å². The fourth-order valence-corrected chi connectivity index (χ4v) is 13.2.